The van der Waals surface area contributed by atoms with Gasteiger partial charge in [0.25, 0.3) is 5.91 Å². The van der Waals surface area contributed by atoms with Gasteiger partial charge in [-0.25, -0.2) is 4.98 Å². The standard InChI is InChI=1S/C17H17N3O2/c1-13-15(7-10-22-13)17(21)19-11-16-18-8-9-20(16)12-14-5-3-2-4-6-14/h2-10H,11-12H2,1H3,(H,19,21). The van der Waals surface area contributed by atoms with Crippen LogP contribution in [0.1, 0.15) is 27.5 Å². The van der Waals surface area contributed by atoms with E-state index in [1.807, 2.05) is 29.0 Å². The molecule has 1 N–H and O–H groups in total. The number of hydrogen-bond donors (Lipinski definition) is 1. The number of furan rings is 1. The monoisotopic (exact) mass is 295 g/mol. The number of nitrogens with one attached hydrogen (secondary N) is 1. The average Bonchev–Trinajstić information content (AvgIpc) is 3.15. The van der Waals surface area contributed by atoms with Gasteiger partial charge in [0.15, 0.2) is 0 Å². The Morgan fingerprint density at radius 1 is 1.27 bits per heavy atom. The molecule has 0 spiro atoms. The van der Waals surface area contributed by atoms with Crippen LogP contribution in [0.5, 0.6) is 0 Å². The largest absolute Gasteiger partial charge is 0.469 e. The van der Waals surface area contributed by atoms with Gasteiger partial charge in [0.05, 0.1) is 18.4 Å². The molecule has 112 valence electrons. The van der Waals surface area contributed by atoms with Crippen LogP contribution in [0.2, 0.25) is 0 Å². The van der Waals surface area contributed by atoms with Crippen molar-refractivity contribution in [2.75, 3.05) is 0 Å². The first kappa shape index (κ1) is 14.1. The number of carbonyl (C=O) groups is 1. The van der Waals surface area contributed by atoms with Crippen molar-refractivity contribution in [1.82, 2.24) is 14.9 Å². The maximum atomic E-state index is 12.1. The minimum Gasteiger partial charge on any atom is -0.469 e. The molecule has 2 aromatic heterocycles. The lowest BCUT2D eigenvalue weighted by atomic mass is 10.2. The molecule has 0 aliphatic carbocycles. The average molecular weight is 295 g/mol. The second-order valence-corrected chi connectivity index (χ2v) is 5.03. The molecule has 0 radical (unpaired) electrons. The van der Waals surface area contributed by atoms with E-state index in [0.717, 1.165) is 12.4 Å². The Kier molecular flexibility index (Phi) is 4.05. The van der Waals surface area contributed by atoms with Crippen molar-refractivity contribution in [3.05, 3.63) is 77.8 Å². The minimum absolute atomic E-state index is 0.152. The van der Waals surface area contributed by atoms with Crippen molar-refractivity contribution in [2.45, 2.75) is 20.0 Å². The number of benzene rings is 1. The summed E-state index contributed by atoms with van der Waals surface area (Å²) in [5, 5.41) is 2.87. The molecule has 3 aromatic rings. The Bertz CT molecular complexity index is 759. The molecule has 3 rings (SSSR count). The van der Waals surface area contributed by atoms with E-state index >= 15 is 0 Å². The summed E-state index contributed by atoms with van der Waals surface area (Å²) in [7, 11) is 0. The lowest BCUT2D eigenvalue weighted by Gasteiger charge is -2.09. The molecule has 0 atom stereocenters. The fourth-order valence-electron chi connectivity index (χ4n) is 2.31. The maximum absolute atomic E-state index is 12.1. The molecular formula is C17H17N3O2. The van der Waals surface area contributed by atoms with Crippen molar-refractivity contribution >= 4 is 5.91 Å². The summed E-state index contributed by atoms with van der Waals surface area (Å²) < 4.78 is 7.17. The van der Waals surface area contributed by atoms with Crippen LogP contribution < -0.4 is 5.32 Å². The fraction of sp³-hybridized carbons (Fsp3) is 0.176. The van der Waals surface area contributed by atoms with Crippen LogP contribution in [0.15, 0.2) is 59.5 Å². The Morgan fingerprint density at radius 2 is 2.09 bits per heavy atom. The number of aryl methyl sites for hydroxylation is 1. The van der Waals surface area contributed by atoms with E-state index in [0.29, 0.717) is 17.9 Å². The third-order valence-electron chi connectivity index (χ3n) is 3.51. The van der Waals surface area contributed by atoms with E-state index in [1.165, 1.54) is 11.8 Å². The predicted molar refractivity (Wildman–Crippen MR) is 82.4 cm³/mol. The predicted octanol–water partition coefficient (Wildman–Crippen LogP) is 2.76. The van der Waals surface area contributed by atoms with E-state index in [2.05, 4.69) is 22.4 Å². The van der Waals surface area contributed by atoms with Gasteiger partial charge in [-0.05, 0) is 18.6 Å². The van der Waals surface area contributed by atoms with Gasteiger partial charge in [-0.1, -0.05) is 30.3 Å². The number of carbonyl (C=O) groups excluding carboxylic acids is 1. The van der Waals surface area contributed by atoms with Gasteiger partial charge in [0.2, 0.25) is 0 Å². The normalized spacial score (nSPS) is 10.6. The second-order valence-electron chi connectivity index (χ2n) is 5.03. The summed E-state index contributed by atoms with van der Waals surface area (Å²) in [5.74, 6) is 1.28. The van der Waals surface area contributed by atoms with Crippen molar-refractivity contribution < 1.29 is 9.21 Å². The molecule has 0 saturated carbocycles. The number of nitrogens with zero attached hydrogens (tertiary/aromatic N) is 2. The Balaban J connectivity index is 1.66. The molecule has 5 nitrogen and oxygen atoms in total. The van der Waals surface area contributed by atoms with Crippen LogP contribution in [0.25, 0.3) is 0 Å². The zero-order chi connectivity index (χ0) is 15.4. The Labute approximate surface area is 128 Å². The quantitative estimate of drug-likeness (QED) is 0.787. The molecule has 0 aliphatic heterocycles. The first-order valence-corrected chi connectivity index (χ1v) is 7.10. The van der Waals surface area contributed by atoms with E-state index in [4.69, 9.17) is 4.42 Å². The molecular weight excluding hydrogens is 278 g/mol. The zero-order valence-corrected chi connectivity index (χ0v) is 12.3. The second kappa shape index (κ2) is 6.30. The summed E-state index contributed by atoms with van der Waals surface area (Å²) in [6.07, 6.45) is 5.17. The van der Waals surface area contributed by atoms with Gasteiger partial charge >= 0.3 is 0 Å². The Morgan fingerprint density at radius 3 is 2.82 bits per heavy atom. The molecule has 5 heteroatoms. The summed E-state index contributed by atoms with van der Waals surface area (Å²) in [6, 6.07) is 11.8. The highest BCUT2D eigenvalue weighted by Gasteiger charge is 2.12. The highest BCUT2D eigenvalue weighted by Crippen LogP contribution is 2.09. The summed E-state index contributed by atoms with van der Waals surface area (Å²) >= 11 is 0. The molecule has 1 aromatic carbocycles. The molecule has 1 amide bonds. The summed E-state index contributed by atoms with van der Waals surface area (Å²) in [6.45, 7) is 2.88. The summed E-state index contributed by atoms with van der Waals surface area (Å²) in [4.78, 5) is 16.4. The van der Waals surface area contributed by atoms with Gasteiger partial charge in [0, 0.05) is 18.9 Å². The number of hydrogen-bond acceptors (Lipinski definition) is 3. The third-order valence-corrected chi connectivity index (χ3v) is 3.51. The fourth-order valence-corrected chi connectivity index (χ4v) is 2.31. The number of imidazole rings is 1. The summed E-state index contributed by atoms with van der Waals surface area (Å²) in [5.41, 5.74) is 1.75. The van der Waals surface area contributed by atoms with Crippen molar-refractivity contribution in [3.63, 3.8) is 0 Å². The number of amides is 1. The van der Waals surface area contributed by atoms with Crippen LogP contribution in [0.4, 0.5) is 0 Å². The number of rotatable bonds is 5. The van der Waals surface area contributed by atoms with Gasteiger partial charge in [-0.2, -0.15) is 0 Å². The topological polar surface area (TPSA) is 60.1 Å². The van der Waals surface area contributed by atoms with Crippen LogP contribution >= 0.6 is 0 Å². The van der Waals surface area contributed by atoms with Crippen molar-refractivity contribution in [1.29, 1.82) is 0 Å². The molecule has 0 fully saturated rings. The minimum atomic E-state index is -0.152. The van der Waals surface area contributed by atoms with Crippen molar-refractivity contribution in [3.8, 4) is 0 Å². The highest BCUT2D eigenvalue weighted by molar-refractivity contribution is 5.94. The first-order valence-electron chi connectivity index (χ1n) is 7.10. The van der Waals surface area contributed by atoms with Crippen molar-refractivity contribution in [2.24, 2.45) is 0 Å². The molecule has 0 bridgehead atoms. The Hall–Kier alpha value is -2.82. The lowest BCUT2D eigenvalue weighted by molar-refractivity contribution is 0.0948. The molecule has 0 unspecified atom stereocenters. The maximum Gasteiger partial charge on any atom is 0.255 e. The van der Waals surface area contributed by atoms with Crippen LogP contribution in [-0.4, -0.2) is 15.5 Å². The first-order chi connectivity index (χ1) is 10.7. The lowest BCUT2D eigenvalue weighted by Crippen LogP contribution is -2.25. The van der Waals surface area contributed by atoms with E-state index in [9.17, 15) is 4.79 Å². The van der Waals surface area contributed by atoms with Gasteiger partial charge < -0.3 is 14.3 Å². The third kappa shape index (κ3) is 3.09. The number of aromatic nitrogens is 2. The van der Waals surface area contributed by atoms with E-state index in [-0.39, 0.29) is 5.91 Å². The molecule has 2 heterocycles. The van der Waals surface area contributed by atoms with Crippen LogP contribution in [0, 0.1) is 6.92 Å². The van der Waals surface area contributed by atoms with Gasteiger partial charge in [-0.3, -0.25) is 4.79 Å². The van der Waals surface area contributed by atoms with Gasteiger partial charge in [0.1, 0.15) is 11.6 Å². The smallest absolute Gasteiger partial charge is 0.255 e. The SMILES string of the molecule is Cc1occc1C(=O)NCc1nccn1Cc1ccccc1. The molecule has 0 aliphatic rings. The molecule has 0 saturated heterocycles. The van der Waals surface area contributed by atoms with Crippen LogP contribution in [-0.2, 0) is 13.1 Å². The van der Waals surface area contributed by atoms with Gasteiger partial charge in [-0.15, -0.1) is 0 Å². The zero-order valence-electron chi connectivity index (χ0n) is 12.3. The van der Waals surface area contributed by atoms with E-state index < -0.39 is 0 Å². The van der Waals surface area contributed by atoms with E-state index in [1.54, 1.807) is 19.2 Å². The van der Waals surface area contributed by atoms with Crippen LogP contribution in [0.3, 0.4) is 0 Å². The highest BCUT2D eigenvalue weighted by atomic mass is 16.3. The molecule has 22 heavy (non-hydrogen) atoms.